The quantitative estimate of drug-likeness (QED) is 0.850. The lowest BCUT2D eigenvalue weighted by Gasteiger charge is -2.13. The Morgan fingerprint density at radius 1 is 1.29 bits per heavy atom. The molecule has 0 spiro atoms. The van der Waals surface area contributed by atoms with Crippen LogP contribution in [-0.2, 0) is 17.8 Å². The number of aliphatic carboxylic acids is 1. The molecule has 1 atom stereocenters. The summed E-state index contributed by atoms with van der Waals surface area (Å²) in [5, 5.41) is 9.29. The Morgan fingerprint density at radius 2 is 2.00 bits per heavy atom. The highest BCUT2D eigenvalue weighted by molar-refractivity contribution is 5.70. The molecular weight excluding hydrogens is 264 g/mol. The molecule has 0 saturated heterocycles. The fraction of sp³-hybridized carbons (Fsp3) is 0.412. The number of rotatable bonds is 7. The van der Waals surface area contributed by atoms with Gasteiger partial charge in [0.15, 0.2) is 0 Å². The van der Waals surface area contributed by atoms with Gasteiger partial charge < -0.3 is 9.67 Å². The van der Waals surface area contributed by atoms with Crippen LogP contribution in [0.25, 0.3) is 0 Å². The van der Waals surface area contributed by atoms with Gasteiger partial charge in [0.1, 0.15) is 0 Å². The number of nitrogens with zero attached hydrogens (tertiary/aromatic N) is 2. The van der Waals surface area contributed by atoms with Crippen LogP contribution in [0.4, 0.5) is 0 Å². The van der Waals surface area contributed by atoms with Gasteiger partial charge in [-0.05, 0) is 17.9 Å². The van der Waals surface area contributed by atoms with E-state index in [-0.39, 0.29) is 5.92 Å². The van der Waals surface area contributed by atoms with E-state index in [1.165, 1.54) is 5.56 Å². The predicted octanol–water partition coefficient (Wildman–Crippen LogP) is 3.22. The molecule has 112 valence electrons. The van der Waals surface area contributed by atoms with E-state index < -0.39 is 5.97 Å². The summed E-state index contributed by atoms with van der Waals surface area (Å²) in [7, 11) is 0. The van der Waals surface area contributed by atoms with Crippen molar-refractivity contribution in [2.75, 3.05) is 0 Å². The number of benzene rings is 1. The molecule has 0 aliphatic rings. The Morgan fingerprint density at radius 3 is 2.62 bits per heavy atom. The summed E-state index contributed by atoms with van der Waals surface area (Å²) < 4.78 is 2.00. The lowest BCUT2D eigenvalue weighted by molar-refractivity contribution is -0.142. The second-order valence-corrected chi connectivity index (χ2v) is 5.89. The Kier molecular flexibility index (Phi) is 5.14. The van der Waals surface area contributed by atoms with Gasteiger partial charge in [0, 0.05) is 19.2 Å². The molecule has 21 heavy (non-hydrogen) atoms. The highest BCUT2D eigenvalue weighted by Gasteiger charge is 2.20. The van der Waals surface area contributed by atoms with Crippen LogP contribution in [0, 0.1) is 11.8 Å². The molecule has 0 saturated carbocycles. The maximum Gasteiger partial charge on any atom is 0.306 e. The lowest BCUT2D eigenvalue weighted by atomic mass is 9.93. The van der Waals surface area contributed by atoms with Gasteiger partial charge in [0.2, 0.25) is 0 Å². The van der Waals surface area contributed by atoms with Crippen LogP contribution in [0.15, 0.2) is 42.9 Å². The summed E-state index contributed by atoms with van der Waals surface area (Å²) in [5.41, 5.74) is 2.05. The van der Waals surface area contributed by atoms with Crippen molar-refractivity contribution >= 4 is 5.97 Å². The third-order valence-electron chi connectivity index (χ3n) is 3.46. The molecule has 1 aromatic carbocycles. The Labute approximate surface area is 125 Å². The van der Waals surface area contributed by atoms with E-state index >= 15 is 0 Å². The highest BCUT2D eigenvalue weighted by Crippen LogP contribution is 2.17. The third-order valence-corrected chi connectivity index (χ3v) is 3.46. The van der Waals surface area contributed by atoms with Crippen molar-refractivity contribution in [1.82, 2.24) is 9.55 Å². The summed E-state index contributed by atoms with van der Waals surface area (Å²) >= 11 is 0. The van der Waals surface area contributed by atoms with Crippen molar-refractivity contribution in [3.8, 4) is 0 Å². The molecule has 0 aliphatic heterocycles. The van der Waals surface area contributed by atoms with Crippen molar-refractivity contribution in [1.29, 1.82) is 0 Å². The number of hydrogen-bond acceptors (Lipinski definition) is 2. The Balaban J connectivity index is 2.00. The number of carboxylic acid groups (broad SMARTS) is 1. The van der Waals surface area contributed by atoms with Gasteiger partial charge in [-0.2, -0.15) is 0 Å². The first-order valence-electron chi connectivity index (χ1n) is 7.32. The van der Waals surface area contributed by atoms with Crippen LogP contribution in [0.2, 0.25) is 0 Å². The predicted molar refractivity (Wildman–Crippen MR) is 82.1 cm³/mol. The van der Waals surface area contributed by atoms with Crippen molar-refractivity contribution in [2.24, 2.45) is 11.8 Å². The molecule has 1 N–H and O–H groups in total. The molecule has 0 fully saturated rings. The second-order valence-electron chi connectivity index (χ2n) is 5.89. The molecule has 0 aliphatic carbocycles. The van der Waals surface area contributed by atoms with Crippen molar-refractivity contribution < 1.29 is 9.90 Å². The molecule has 0 radical (unpaired) electrons. The monoisotopic (exact) mass is 286 g/mol. The lowest BCUT2D eigenvalue weighted by Crippen LogP contribution is -2.18. The maximum absolute atomic E-state index is 11.3. The van der Waals surface area contributed by atoms with E-state index in [4.69, 9.17) is 0 Å². The van der Waals surface area contributed by atoms with E-state index in [1.54, 1.807) is 6.33 Å². The van der Waals surface area contributed by atoms with Crippen LogP contribution in [0.5, 0.6) is 0 Å². The standard InChI is InChI=1S/C17H22N2O2/c1-13(2)8-15(17(20)21)9-16-11-19(12-18-16)10-14-6-4-3-5-7-14/h3-7,11-13,15H,8-10H2,1-2H3,(H,20,21)/t15-/m0/s1. The molecule has 1 heterocycles. The van der Waals surface area contributed by atoms with Crippen molar-refractivity contribution in [3.63, 3.8) is 0 Å². The van der Waals surface area contributed by atoms with E-state index in [0.29, 0.717) is 18.8 Å². The topological polar surface area (TPSA) is 55.1 Å². The summed E-state index contributed by atoms with van der Waals surface area (Å²) in [6, 6.07) is 10.1. The zero-order valence-electron chi connectivity index (χ0n) is 12.6. The summed E-state index contributed by atoms with van der Waals surface area (Å²) in [5.74, 6) is -0.719. The SMILES string of the molecule is CC(C)C[C@@H](Cc1cn(Cc2ccccc2)cn1)C(=O)O. The normalized spacial score (nSPS) is 12.5. The molecule has 0 amide bonds. The minimum Gasteiger partial charge on any atom is -0.481 e. The molecule has 2 aromatic rings. The number of imidazole rings is 1. The highest BCUT2D eigenvalue weighted by atomic mass is 16.4. The summed E-state index contributed by atoms with van der Waals surface area (Å²) in [6.07, 6.45) is 4.90. The van der Waals surface area contributed by atoms with Crippen LogP contribution < -0.4 is 0 Å². The smallest absolute Gasteiger partial charge is 0.306 e. The van der Waals surface area contributed by atoms with Gasteiger partial charge in [-0.25, -0.2) is 4.98 Å². The first-order valence-corrected chi connectivity index (χ1v) is 7.32. The first-order chi connectivity index (χ1) is 10.0. The number of carboxylic acids is 1. The molecule has 1 aromatic heterocycles. The van der Waals surface area contributed by atoms with Crippen molar-refractivity contribution in [3.05, 3.63) is 54.1 Å². The fourth-order valence-corrected chi connectivity index (χ4v) is 2.49. The first kappa shape index (κ1) is 15.3. The number of carbonyl (C=O) groups is 1. The van der Waals surface area contributed by atoms with Crippen LogP contribution >= 0.6 is 0 Å². The summed E-state index contributed by atoms with van der Waals surface area (Å²) in [6.45, 7) is 4.85. The van der Waals surface area contributed by atoms with Crippen LogP contribution in [-0.4, -0.2) is 20.6 Å². The van der Waals surface area contributed by atoms with Gasteiger partial charge in [-0.15, -0.1) is 0 Å². The number of aromatic nitrogens is 2. The molecular formula is C17H22N2O2. The minimum atomic E-state index is -0.735. The van der Waals surface area contributed by atoms with Crippen LogP contribution in [0.1, 0.15) is 31.5 Å². The third kappa shape index (κ3) is 4.74. The number of hydrogen-bond donors (Lipinski definition) is 1. The zero-order valence-corrected chi connectivity index (χ0v) is 12.6. The molecule has 0 unspecified atom stereocenters. The molecule has 4 nitrogen and oxygen atoms in total. The molecule has 2 rings (SSSR count). The van der Waals surface area contributed by atoms with Gasteiger partial charge in [0.05, 0.1) is 17.9 Å². The Bertz CT molecular complexity index is 575. The van der Waals surface area contributed by atoms with Crippen LogP contribution in [0.3, 0.4) is 0 Å². The summed E-state index contributed by atoms with van der Waals surface area (Å²) in [4.78, 5) is 15.6. The van der Waals surface area contributed by atoms with E-state index in [2.05, 4.69) is 17.1 Å². The van der Waals surface area contributed by atoms with Gasteiger partial charge in [0.25, 0.3) is 0 Å². The van der Waals surface area contributed by atoms with E-state index in [9.17, 15) is 9.90 Å². The fourth-order valence-electron chi connectivity index (χ4n) is 2.49. The van der Waals surface area contributed by atoms with Crippen molar-refractivity contribution in [2.45, 2.75) is 33.2 Å². The Hall–Kier alpha value is -2.10. The maximum atomic E-state index is 11.3. The molecule has 4 heteroatoms. The average Bonchev–Trinajstić information content (AvgIpc) is 2.86. The second kappa shape index (κ2) is 7.07. The van der Waals surface area contributed by atoms with Gasteiger partial charge >= 0.3 is 5.97 Å². The average molecular weight is 286 g/mol. The zero-order chi connectivity index (χ0) is 15.2. The molecule has 0 bridgehead atoms. The van der Waals surface area contributed by atoms with E-state index in [1.807, 2.05) is 42.8 Å². The largest absolute Gasteiger partial charge is 0.481 e. The van der Waals surface area contributed by atoms with E-state index in [0.717, 1.165) is 12.2 Å². The minimum absolute atomic E-state index is 0.356. The van der Waals surface area contributed by atoms with Gasteiger partial charge in [-0.1, -0.05) is 44.2 Å². The van der Waals surface area contributed by atoms with Gasteiger partial charge in [-0.3, -0.25) is 4.79 Å².